The van der Waals surface area contributed by atoms with Crippen molar-refractivity contribution in [2.24, 2.45) is 0 Å². The molecule has 0 bridgehead atoms. The number of nitrogens with zero attached hydrogens (tertiary/aromatic N) is 3. The summed E-state index contributed by atoms with van der Waals surface area (Å²) in [6.45, 7) is 0.624. The van der Waals surface area contributed by atoms with Gasteiger partial charge >= 0.3 is 6.18 Å². The van der Waals surface area contributed by atoms with Crippen molar-refractivity contribution in [2.45, 2.75) is 36.4 Å². The number of imidazole rings is 1. The molecule has 0 N–H and O–H groups in total. The first-order valence-corrected chi connectivity index (χ1v) is 13.9. The Hall–Kier alpha value is -2.80. The lowest BCUT2D eigenvalue weighted by Gasteiger charge is -2.25. The first-order chi connectivity index (χ1) is 17.6. The van der Waals surface area contributed by atoms with E-state index in [0.717, 1.165) is 29.8 Å². The van der Waals surface area contributed by atoms with E-state index in [1.165, 1.54) is 33.8 Å². The van der Waals surface area contributed by atoms with Crippen molar-refractivity contribution < 1.29 is 30.7 Å². The van der Waals surface area contributed by atoms with Crippen molar-refractivity contribution in [3.8, 4) is 11.3 Å². The molecule has 2 aromatic carbocycles. The summed E-state index contributed by atoms with van der Waals surface area (Å²) in [6.07, 6.45) is -1.38. The normalized spacial score (nSPS) is 16.7. The van der Waals surface area contributed by atoms with Gasteiger partial charge in [0.25, 0.3) is 0 Å². The van der Waals surface area contributed by atoms with Gasteiger partial charge in [-0.3, -0.25) is 4.40 Å². The zero-order valence-electron chi connectivity index (χ0n) is 19.5. The van der Waals surface area contributed by atoms with Gasteiger partial charge in [-0.15, -0.1) is 11.3 Å². The fourth-order valence-corrected chi connectivity index (χ4v) is 6.74. The van der Waals surface area contributed by atoms with Gasteiger partial charge in [-0.25, -0.2) is 17.8 Å². The van der Waals surface area contributed by atoms with Gasteiger partial charge in [-0.05, 0) is 55.3 Å². The van der Waals surface area contributed by atoms with Crippen LogP contribution in [0.1, 0.15) is 24.1 Å². The maximum absolute atomic E-state index is 13.5. The maximum Gasteiger partial charge on any atom is 0.416 e. The van der Waals surface area contributed by atoms with Gasteiger partial charge < -0.3 is 4.74 Å². The Morgan fingerprint density at radius 1 is 1.16 bits per heavy atom. The van der Waals surface area contributed by atoms with E-state index < -0.39 is 26.7 Å². The molecule has 0 radical (unpaired) electrons. The molecule has 1 saturated heterocycles. The van der Waals surface area contributed by atoms with Crippen molar-refractivity contribution in [3.63, 3.8) is 0 Å². The highest BCUT2D eigenvalue weighted by atomic mass is 32.2. The number of ether oxygens (including phenoxy) is 1. The monoisotopic (exact) mass is 553 g/mol. The van der Waals surface area contributed by atoms with Crippen LogP contribution in [0.15, 0.2) is 65.0 Å². The van der Waals surface area contributed by atoms with Crippen LogP contribution in [0.2, 0.25) is 0 Å². The van der Waals surface area contributed by atoms with Crippen molar-refractivity contribution in [1.82, 2.24) is 13.7 Å². The Morgan fingerprint density at radius 2 is 1.95 bits per heavy atom. The third-order valence-electron chi connectivity index (χ3n) is 6.27. The predicted octanol–water partition coefficient (Wildman–Crippen LogP) is 5.63. The van der Waals surface area contributed by atoms with Gasteiger partial charge in [0.2, 0.25) is 10.0 Å². The van der Waals surface area contributed by atoms with Gasteiger partial charge in [0, 0.05) is 49.0 Å². The van der Waals surface area contributed by atoms with Crippen LogP contribution in [-0.2, 0) is 27.4 Å². The Labute approximate surface area is 215 Å². The number of benzene rings is 2. The van der Waals surface area contributed by atoms with E-state index in [9.17, 15) is 26.0 Å². The number of aromatic nitrogens is 2. The third-order valence-corrected chi connectivity index (χ3v) is 9.02. The lowest BCUT2D eigenvalue weighted by Crippen LogP contribution is -2.39. The number of thiazole rings is 1. The van der Waals surface area contributed by atoms with Gasteiger partial charge in [0.1, 0.15) is 5.82 Å². The number of alkyl halides is 3. The first-order valence-electron chi connectivity index (χ1n) is 11.6. The fraction of sp³-hybridized carbons (Fsp3) is 0.320. The lowest BCUT2D eigenvalue weighted by molar-refractivity contribution is -0.137. The molecule has 0 saturated carbocycles. The van der Waals surface area contributed by atoms with Crippen molar-refractivity contribution in [3.05, 3.63) is 77.2 Å². The molecule has 6 nitrogen and oxygen atoms in total. The molecular weight excluding hydrogens is 530 g/mol. The largest absolute Gasteiger partial charge is 0.416 e. The summed E-state index contributed by atoms with van der Waals surface area (Å²) in [4.78, 5) is 4.86. The number of halogens is 4. The number of sulfonamides is 1. The van der Waals surface area contributed by atoms with Gasteiger partial charge in [-0.1, -0.05) is 6.07 Å². The minimum atomic E-state index is -4.66. The Kier molecular flexibility index (Phi) is 7.10. The van der Waals surface area contributed by atoms with Crippen molar-refractivity contribution >= 4 is 26.3 Å². The molecule has 2 aromatic heterocycles. The van der Waals surface area contributed by atoms with Crippen LogP contribution in [0, 0.1) is 5.82 Å². The summed E-state index contributed by atoms with van der Waals surface area (Å²) in [5.74, 6) is -0.348. The zero-order chi connectivity index (χ0) is 26.2. The second-order valence-electron chi connectivity index (χ2n) is 8.79. The average molecular weight is 554 g/mol. The smallest absolute Gasteiger partial charge is 0.377 e. The predicted molar refractivity (Wildman–Crippen MR) is 131 cm³/mol. The summed E-state index contributed by atoms with van der Waals surface area (Å²) in [6, 6.07) is 9.77. The van der Waals surface area contributed by atoms with Crippen LogP contribution in [-0.4, -0.2) is 47.9 Å². The molecule has 1 aliphatic rings. The Balaban J connectivity index is 1.41. The Morgan fingerprint density at radius 3 is 2.65 bits per heavy atom. The van der Waals surface area contributed by atoms with Crippen LogP contribution < -0.4 is 0 Å². The molecule has 1 fully saturated rings. The van der Waals surface area contributed by atoms with E-state index in [4.69, 9.17) is 4.74 Å². The molecule has 12 heteroatoms. The number of rotatable bonds is 8. The van der Waals surface area contributed by atoms with E-state index in [1.807, 2.05) is 9.78 Å². The second-order valence-corrected chi connectivity index (χ2v) is 11.6. The van der Waals surface area contributed by atoms with Gasteiger partial charge in [0.05, 0.1) is 22.3 Å². The van der Waals surface area contributed by atoms with Crippen molar-refractivity contribution in [2.75, 3.05) is 19.7 Å². The quantitative estimate of drug-likeness (QED) is 0.265. The molecule has 1 atom stereocenters. The summed E-state index contributed by atoms with van der Waals surface area (Å²) in [5, 5.41) is 1.87. The standard InChI is InChI=1S/C25H23F4N3O3S2/c26-19-8-6-17(7-9-19)23-15-32-20(16-36-24(32)30-23)10-11-31(14-21-4-2-12-35-21)37(33,34)22-5-1-3-18(13-22)25(27,28)29/h1,3,5-9,13,15-16,21H,2,4,10-12,14H2. The van der Waals surface area contributed by atoms with Crippen LogP contribution in [0.4, 0.5) is 17.6 Å². The average Bonchev–Trinajstić information content (AvgIpc) is 3.60. The lowest BCUT2D eigenvalue weighted by atomic mass is 10.2. The molecular formula is C25H23F4N3O3S2. The fourth-order valence-electron chi connectivity index (χ4n) is 4.32. The SMILES string of the molecule is O=S(=O)(c1cccc(C(F)(F)F)c1)N(CCc1csc2nc(-c3ccc(F)cc3)cn12)CC1CCCO1. The van der Waals surface area contributed by atoms with Crippen LogP contribution in [0.25, 0.3) is 16.2 Å². The molecule has 1 aliphatic heterocycles. The third kappa shape index (κ3) is 5.57. The summed E-state index contributed by atoms with van der Waals surface area (Å²) >= 11 is 1.39. The van der Waals surface area contributed by atoms with Crippen LogP contribution in [0.5, 0.6) is 0 Å². The molecule has 0 aliphatic carbocycles. The number of fused-ring (bicyclic) bond motifs is 1. The molecule has 3 heterocycles. The molecule has 37 heavy (non-hydrogen) atoms. The molecule has 1 unspecified atom stereocenters. The number of hydrogen-bond donors (Lipinski definition) is 0. The second kappa shape index (κ2) is 10.2. The first kappa shape index (κ1) is 25.8. The molecule has 196 valence electrons. The molecule has 0 amide bonds. The van der Waals surface area contributed by atoms with E-state index in [1.54, 1.807) is 18.3 Å². The van der Waals surface area contributed by atoms with Gasteiger partial charge in [0.15, 0.2) is 4.96 Å². The van der Waals surface area contributed by atoms with Crippen LogP contribution >= 0.6 is 11.3 Å². The highest BCUT2D eigenvalue weighted by molar-refractivity contribution is 7.89. The Bertz CT molecular complexity index is 1490. The molecule has 0 spiro atoms. The summed E-state index contributed by atoms with van der Waals surface area (Å²) in [5.41, 5.74) is 1.19. The van der Waals surface area contributed by atoms with E-state index in [-0.39, 0.29) is 25.0 Å². The maximum atomic E-state index is 13.5. The highest BCUT2D eigenvalue weighted by Gasteiger charge is 2.34. The summed E-state index contributed by atoms with van der Waals surface area (Å²) in [7, 11) is -4.22. The number of hydrogen-bond acceptors (Lipinski definition) is 5. The topological polar surface area (TPSA) is 63.9 Å². The molecule has 4 aromatic rings. The van der Waals surface area contributed by atoms with Crippen LogP contribution in [0.3, 0.4) is 0 Å². The zero-order valence-corrected chi connectivity index (χ0v) is 21.1. The van der Waals surface area contributed by atoms with Crippen molar-refractivity contribution in [1.29, 1.82) is 0 Å². The molecule has 5 rings (SSSR count). The van der Waals surface area contributed by atoms with E-state index in [0.29, 0.717) is 36.2 Å². The van der Waals surface area contributed by atoms with E-state index in [2.05, 4.69) is 4.98 Å². The minimum absolute atomic E-state index is 0.0499. The van der Waals surface area contributed by atoms with E-state index >= 15 is 0 Å². The highest BCUT2D eigenvalue weighted by Crippen LogP contribution is 2.32. The summed E-state index contributed by atoms with van der Waals surface area (Å²) < 4.78 is 88.7. The minimum Gasteiger partial charge on any atom is -0.377 e. The van der Waals surface area contributed by atoms with Gasteiger partial charge in [-0.2, -0.15) is 17.5 Å².